The first-order valence-corrected chi connectivity index (χ1v) is 8.97. The highest BCUT2D eigenvalue weighted by Crippen LogP contribution is 2.44. The molecule has 4 aromatic carbocycles. The van der Waals surface area contributed by atoms with Crippen LogP contribution in [-0.2, 0) is 14.9 Å². The van der Waals surface area contributed by atoms with Gasteiger partial charge in [0.05, 0.1) is 0 Å². The van der Waals surface area contributed by atoms with Crippen molar-refractivity contribution in [2.75, 3.05) is 6.61 Å². The summed E-state index contributed by atoms with van der Waals surface area (Å²) < 4.78 is 38.2. The minimum atomic E-state index is -4.44. The van der Waals surface area contributed by atoms with Gasteiger partial charge in [-0.05, 0) is 29.0 Å². The molecule has 4 aromatic rings. The van der Waals surface area contributed by atoms with Crippen LogP contribution in [0.1, 0.15) is 0 Å². The molecule has 132 valence electrons. The average Bonchev–Trinajstić information content (AvgIpc) is 2.58. The zero-order valence-corrected chi connectivity index (χ0v) is 13.9. The molecular formula is C18H12O7S. The molecular weight excluding hydrogens is 360 g/mol. The van der Waals surface area contributed by atoms with Crippen molar-refractivity contribution in [2.45, 2.75) is 4.90 Å². The molecule has 0 bridgehead atoms. The van der Waals surface area contributed by atoms with Gasteiger partial charge in [-0.2, -0.15) is 8.42 Å². The van der Waals surface area contributed by atoms with Gasteiger partial charge in [0.1, 0.15) is 16.4 Å². The highest BCUT2D eigenvalue weighted by Gasteiger charge is 2.20. The summed E-state index contributed by atoms with van der Waals surface area (Å²) in [6.07, 6.45) is 0. The summed E-state index contributed by atoms with van der Waals surface area (Å²) in [5, 5.41) is 22.2. The summed E-state index contributed by atoms with van der Waals surface area (Å²) in [6, 6.07) is 10.7. The molecule has 0 aliphatic heterocycles. The molecule has 0 aromatic heterocycles. The molecule has 0 spiro atoms. The molecule has 26 heavy (non-hydrogen) atoms. The Morgan fingerprint density at radius 3 is 2.31 bits per heavy atom. The minimum absolute atomic E-state index is 0.121. The lowest BCUT2D eigenvalue weighted by molar-refractivity contribution is -0.139. The number of aliphatic carboxylic acids is 1. The number of carbonyl (C=O) groups is 1. The number of hydrogen-bond donors (Lipinski definition) is 3. The predicted octanol–water partition coefficient (Wildman–Crippen LogP) is 3.00. The highest BCUT2D eigenvalue weighted by atomic mass is 32.2. The molecule has 4 rings (SSSR count). The van der Waals surface area contributed by atoms with E-state index in [-0.39, 0.29) is 16.4 Å². The zero-order chi connectivity index (χ0) is 18.6. The van der Waals surface area contributed by atoms with Crippen LogP contribution in [0, 0.1) is 0 Å². The third-order valence-electron chi connectivity index (χ3n) is 4.31. The number of aromatic hydroxyl groups is 1. The van der Waals surface area contributed by atoms with Crippen LogP contribution >= 0.6 is 0 Å². The Morgan fingerprint density at radius 2 is 1.62 bits per heavy atom. The third-order valence-corrected chi connectivity index (χ3v) is 5.22. The third kappa shape index (κ3) is 2.39. The van der Waals surface area contributed by atoms with Gasteiger partial charge in [-0.3, -0.25) is 4.55 Å². The van der Waals surface area contributed by atoms with Crippen molar-refractivity contribution < 1.29 is 32.7 Å². The number of hydrogen-bond acceptors (Lipinski definition) is 5. The van der Waals surface area contributed by atoms with Crippen LogP contribution in [0.25, 0.3) is 32.3 Å². The van der Waals surface area contributed by atoms with Crippen molar-refractivity contribution >= 4 is 48.4 Å². The quantitative estimate of drug-likeness (QED) is 0.372. The van der Waals surface area contributed by atoms with Crippen LogP contribution in [-0.4, -0.2) is 35.8 Å². The normalized spacial score (nSPS) is 12.2. The fraction of sp³-hybridized carbons (Fsp3) is 0.0556. The van der Waals surface area contributed by atoms with Gasteiger partial charge >= 0.3 is 5.97 Å². The number of rotatable bonds is 4. The maximum absolute atomic E-state index is 11.7. The SMILES string of the molecule is O=C(O)COc1cc(O)c2ccc3ccc(S(=O)(=O)O)c4ccc1c2c34. The molecule has 0 atom stereocenters. The molecule has 7 nitrogen and oxygen atoms in total. The summed E-state index contributed by atoms with van der Waals surface area (Å²) in [6.45, 7) is -0.584. The van der Waals surface area contributed by atoms with Gasteiger partial charge < -0.3 is 14.9 Å². The number of carboxylic acid groups (broad SMARTS) is 1. The second kappa shape index (κ2) is 5.45. The van der Waals surface area contributed by atoms with Gasteiger partial charge in [-0.15, -0.1) is 0 Å². The van der Waals surface area contributed by atoms with E-state index in [1.807, 2.05) is 0 Å². The predicted molar refractivity (Wildman–Crippen MR) is 94.8 cm³/mol. The zero-order valence-electron chi connectivity index (χ0n) is 13.1. The second-order valence-corrected chi connectivity index (χ2v) is 7.25. The smallest absolute Gasteiger partial charge is 0.341 e. The lowest BCUT2D eigenvalue weighted by Crippen LogP contribution is -2.09. The van der Waals surface area contributed by atoms with E-state index in [4.69, 9.17) is 9.84 Å². The van der Waals surface area contributed by atoms with Crippen LogP contribution in [0.4, 0.5) is 0 Å². The van der Waals surface area contributed by atoms with Gasteiger partial charge in [0, 0.05) is 27.6 Å². The highest BCUT2D eigenvalue weighted by molar-refractivity contribution is 7.86. The fourth-order valence-corrected chi connectivity index (χ4v) is 3.99. The largest absolute Gasteiger partial charge is 0.507 e. The van der Waals surface area contributed by atoms with Gasteiger partial charge in [-0.1, -0.05) is 18.2 Å². The molecule has 0 amide bonds. The number of carboxylic acids is 1. The maximum atomic E-state index is 11.7. The first-order chi connectivity index (χ1) is 12.3. The van der Waals surface area contributed by atoms with Crippen LogP contribution in [0.3, 0.4) is 0 Å². The van der Waals surface area contributed by atoms with E-state index < -0.39 is 22.7 Å². The van der Waals surface area contributed by atoms with E-state index in [1.165, 1.54) is 18.2 Å². The van der Waals surface area contributed by atoms with Crippen molar-refractivity contribution in [1.82, 2.24) is 0 Å². The van der Waals surface area contributed by atoms with Crippen LogP contribution < -0.4 is 4.74 Å². The van der Waals surface area contributed by atoms with Crippen LogP contribution in [0.5, 0.6) is 11.5 Å². The van der Waals surface area contributed by atoms with E-state index in [0.29, 0.717) is 32.3 Å². The molecule has 0 saturated heterocycles. The summed E-state index contributed by atoms with van der Waals surface area (Å²) in [7, 11) is -4.44. The monoisotopic (exact) mass is 372 g/mol. The standard InChI is InChI=1S/C18H12O7S/c19-13-7-14(25-8-16(20)21)11-4-5-12-15(26(22,23)24)6-2-9-1-3-10(13)18(11)17(9)12/h1-7,19H,8H2,(H,20,21)(H,22,23,24). The van der Waals surface area contributed by atoms with Gasteiger partial charge in [0.25, 0.3) is 10.1 Å². The maximum Gasteiger partial charge on any atom is 0.341 e. The number of phenolic OH excluding ortho intramolecular Hbond substituents is 1. The topological polar surface area (TPSA) is 121 Å². The molecule has 8 heteroatoms. The van der Waals surface area contributed by atoms with Crippen molar-refractivity contribution in [2.24, 2.45) is 0 Å². The molecule has 0 unspecified atom stereocenters. The second-order valence-electron chi connectivity index (χ2n) is 5.86. The molecule has 0 saturated carbocycles. The molecule has 0 heterocycles. The van der Waals surface area contributed by atoms with Crippen molar-refractivity contribution in [3.05, 3.63) is 42.5 Å². The lowest BCUT2D eigenvalue weighted by atomic mass is 9.93. The summed E-state index contributed by atoms with van der Waals surface area (Å²) >= 11 is 0. The molecule has 0 aliphatic carbocycles. The van der Waals surface area contributed by atoms with E-state index >= 15 is 0 Å². The van der Waals surface area contributed by atoms with E-state index in [1.54, 1.807) is 24.3 Å². The van der Waals surface area contributed by atoms with E-state index in [0.717, 1.165) is 0 Å². The summed E-state index contributed by atoms with van der Waals surface area (Å²) in [5.41, 5.74) is 0. The van der Waals surface area contributed by atoms with E-state index in [2.05, 4.69) is 0 Å². The Hall–Kier alpha value is -3.10. The molecule has 0 fully saturated rings. The molecule has 3 N–H and O–H groups in total. The van der Waals surface area contributed by atoms with E-state index in [9.17, 15) is 22.9 Å². The Labute approximate surface area is 147 Å². The van der Waals surface area contributed by atoms with Crippen molar-refractivity contribution in [1.29, 1.82) is 0 Å². The average molecular weight is 372 g/mol. The number of ether oxygens (including phenoxy) is 1. The van der Waals surface area contributed by atoms with Crippen molar-refractivity contribution in [3.8, 4) is 11.5 Å². The number of phenols is 1. The van der Waals surface area contributed by atoms with Gasteiger partial charge in [0.2, 0.25) is 0 Å². The Bertz CT molecular complexity index is 1290. The van der Waals surface area contributed by atoms with Gasteiger partial charge in [-0.25, -0.2) is 4.79 Å². The lowest BCUT2D eigenvalue weighted by Gasteiger charge is -2.16. The first-order valence-electron chi connectivity index (χ1n) is 7.53. The summed E-state index contributed by atoms with van der Waals surface area (Å²) in [4.78, 5) is 10.6. The fourth-order valence-electron chi connectivity index (χ4n) is 3.30. The van der Waals surface area contributed by atoms with Gasteiger partial charge in [0.15, 0.2) is 6.61 Å². The Morgan fingerprint density at radius 1 is 0.962 bits per heavy atom. The molecule has 0 aliphatic rings. The Balaban J connectivity index is 2.17. The van der Waals surface area contributed by atoms with Crippen LogP contribution in [0.2, 0.25) is 0 Å². The minimum Gasteiger partial charge on any atom is -0.507 e. The first kappa shape index (κ1) is 16.4. The summed E-state index contributed by atoms with van der Waals surface area (Å²) in [5.74, 6) is -1.11. The van der Waals surface area contributed by atoms with Crippen LogP contribution in [0.15, 0.2) is 47.4 Å². The number of benzene rings is 4. The molecule has 0 radical (unpaired) electrons. The van der Waals surface area contributed by atoms with Crippen molar-refractivity contribution in [3.63, 3.8) is 0 Å². The Kier molecular flexibility index (Phi) is 3.43.